The van der Waals surface area contributed by atoms with Gasteiger partial charge in [0.2, 0.25) is 5.95 Å². The van der Waals surface area contributed by atoms with Crippen LogP contribution in [0.2, 0.25) is 10.2 Å². The van der Waals surface area contributed by atoms with E-state index in [9.17, 15) is 0 Å². The fourth-order valence-corrected chi connectivity index (χ4v) is 4.66. The maximum Gasteiger partial charge on any atom is 0.227 e. The van der Waals surface area contributed by atoms with Gasteiger partial charge in [-0.1, -0.05) is 59.6 Å². The lowest BCUT2D eigenvalue weighted by Crippen LogP contribution is -2.58. The zero-order valence-electron chi connectivity index (χ0n) is 17.5. The Kier molecular flexibility index (Phi) is 5.00. The van der Waals surface area contributed by atoms with E-state index in [4.69, 9.17) is 23.2 Å². The first-order valence-corrected chi connectivity index (χ1v) is 10.9. The topological polar surface area (TPSA) is 32.3 Å². The molecule has 0 amide bonds. The SMILES string of the molecule is Cc1cc(-c2c(Cl)cc3c(Cl)nc(N4CC(N(C)C)C4)nc3c2F)c2ccccc2c1. The van der Waals surface area contributed by atoms with Crippen molar-refractivity contribution in [2.24, 2.45) is 0 Å². The molecular weight excluding hydrogens is 434 g/mol. The molecule has 0 atom stereocenters. The van der Waals surface area contributed by atoms with E-state index in [-0.39, 0.29) is 15.7 Å². The number of nitrogens with zero attached hydrogens (tertiary/aromatic N) is 4. The van der Waals surface area contributed by atoms with Gasteiger partial charge in [0.05, 0.1) is 5.02 Å². The maximum absolute atomic E-state index is 16.0. The second-order valence-electron chi connectivity index (χ2n) is 8.31. The molecular formula is C24H21Cl2FN4. The minimum atomic E-state index is -0.478. The Balaban J connectivity index is 1.71. The molecule has 2 heterocycles. The largest absolute Gasteiger partial charge is 0.337 e. The molecule has 4 nitrogen and oxygen atoms in total. The Labute approximate surface area is 190 Å². The third kappa shape index (κ3) is 3.41. The fourth-order valence-electron chi connectivity index (χ4n) is 4.15. The summed E-state index contributed by atoms with van der Waals surface area (Å²) in [6.45, 7) is 3.55. The molecule has 7 heteroatoms. The molecule has 1 aliphatic heterocycles. The zero-order valence-corrected chi connectivity index (χ0v) is 19.0. The monoisotopic (exact) mass is 454 g/mol. The van der Waals surface area contributed by atoms with Crippen LogP contribution in [0.15, 0.2) is 42.5 Å². The molecule has 1 saturated heterocycles. The number of halogens is 3. The number of aromatic nitrogens is 2. The molecule has 0 aliphatic carbocycles. The van der Waals surface area contributed by atoms with Gasteiger partial charge >= 0.3 is 0 Å². The second kappa shape index (κ2) is 7.59. The van der Waals surface area contributed by atoms with Crippen molar-refractivity contribution in [1.29, 1.82) is 0 Å². The minimum Gasteiger partial charge on any atom is -0.337 e. The van der Waals surface area contributed by atoms with Crippen molar-refractivity contribution >= 4 is 50.8 Å². The van der Waals surface area contributed by atoms with Gasteiger partial charge in [0, 0.05) is 30.1 Å². The Morgan fingerprint density at radius 1 is 1.03 bits per heavy atom. The highest BCUT2D eigenvalue weighted by Crippen LogP contribution is 2.41. The maximum atomic E-state index is 16.0. The van der Waals surface area contributed by atoms with Gasteiger partial charge in [0.1, 0.15) is 10.7 Å². The van der Waals surface area contributed by atoms with Gasteiger partial charge < -0.3 is 9.80 Å². The molecule has 4 aromatic rings. The predicted octanol–water partition coefficient (Wildman–Crippen LogP) is 5.95. The van der Waals surface area contributed by atoms with Crippen LogP contribution in [0, 0.1) is 12.7 Å². The second-order valence-corrected chi connectivity index (χ2v) is 9.08. The van der Waals surface area contributed by atoms with Crippen LogP contribution in [0.25, 0.3) is 32.8 Å². The normalized spacial score (nSPS) is 14.6. The molecule has 0 spiro atoms. The Morgan fingerprint density at radius 2 is 1.77 bits per heavy atom. The molecule has 1 aliphatic rings. The van der Waals surface area contributed by atoms with Crippen LogP contribution in [0.3, 0.4) is 0 Å². The molecule has 0 bridgehead atoms. The summed E-state index contributed by atoms with van der Waals surface area (Å²) in [4.78, 5) is 13.1. The van der Waals surface area contributed by atoms with Crippen molar-refractivity contribution in [2.75, 3.05) is 32.1 Å². The molecule has 0 saturated carbocycles. The quantitative estimate of drug-likeness (QED) is 0.357. The lowest BCUT2D eigenvalue weighted by atomic mass is 9.95. The molecule has 5 rings (SSSR count). The Morgan fingerprint density at radius 3 is 2.52 bits per heavy atom. The van der Waals surface area contributed by atoms with E-state index < -0.39 is 5.82 Å². The van der Waals surface area contributed by atoms with Crippen LogP contribution < -0.4 is 4.90 Å². The number of rotatable bonds is 3. The van der Waals surface area contributed by atoms with Crippen LogP contribution >= 0.6 is 23.2 Å². The minimum absolute atomic E-state index is 0.188. The van der Waals surface area contributed by atoms with Gasteiger partial charge in [-0.3, -0.25) is 0 Å². The summed E-state index contributed by atoms with van der Waals surface area (Å²) in [6.07, 6.45) is 0. The van der Waals surface area contributed by atoms with Crippen molar-refractivity contribution < 1.29 is 4.39 Å². The summed E-state index contributed by atoms with van der Waals surface area (Å²) in [7, 11) is 4.08. The average molecular weight is 455 g/mol. The number of likely N-dealkylation sites (N-methyl/N-ethyl adjacent to an activating group) is 1. The van der Waals surface area contributed by atoms with E-state index in [2.05, 4.69) is 20.9 Å². The van der Waals surface area contributed by atoms with Crippen molar-refractivity contribution in [3.63, 3.8) is 0 Å². The summed E-state index contributed by atoms with van der Waals surface area (Å²) in [6, 6.07) is 14.0. The number of hydrogen-bond acceptors (Lipinski definition) is 4. The molecule has 0 N–H and O–H groups in total. The van der Waals surface area contributed by atoms with Crippen molar-refractivity contribution in [3.05, 3.63) is 64.0 Å². The van der Waals surface area contributed by atoms with Gasteiger partial charge in [-0.2, -0.15) is 0 Å². The smallest absolute Gasteiger partial charge is 0.227 e. The third-order valence-corrected chi connectivity index (χ3v) is 6.56. The molecule has 3 aromatic carbocycles. The third-order valence-electron chi connectivity index (χ3n) is 5.98. The Hall–Kier alpha value is -2.47. The van der Waals surface area contributed by atoms with E-state index in [0.29, 0.717) is 22.9 Å². The van der Waals surface area contributed by atoms with Crippen molar-refractivity contribution in [2.45, 2.75) is 13.0 Å². The predicted molar refractivity (Wildman–Crippen MR) is 127 cm³/mol. The molecule has 1 fully saturated rings. The van der Waals surface area contributed by atoms with E-state index in [1.54, 1.807) is 6.07 Å². The van der Waals surface area contributed by atoms with Crippen LogP contribution in [0.5, 0.6) is 0 Å². The van der Waals surface area contributed by atoms with E-state index in [1.807, 2.05) is 56.3 Å². The van der Waals surface area contributed by atoms with E-state index in [0.717, 1.165) is 35.0 Å². The first kappa shape index (κ1) is 20.4. The fraction of sp³-hybridized carbons (Fsp3) is 0.250. The molecule has 0 radical (unpaired) electrons. The highest BCUT2D eigenvalue weighted by Gasteiger charge is 2.31. The van der Waals surface area contributed by atoms with Crippen LogP contribution in [-0.2, 0) is 0 Å². The van der Waals surface area contributed by atoms with Crippen LogP contribution in [0.4, 0.5) is 10.3 Å². The number of fused-ring (bicyclic) bond motifs is 2. The lowest BCUT2D eigenvalue weighted by molar-refractivity contribution is 0.245. The van der Waals surface area contributed by atoms with Gasteiger partial charge in [0.25, 0.3) is 0 Å². The highest BCUT2D eigenvalue weighted by atomic mass is 35.5. The summed E-state index contributed by atoms with van der Waals surface area (Å²) >= 11 is 13.0. The van der Waals surface area contributed by atoms with Gasteiger partial charge in [0.15, 0.2) is 5.82 Å². The molecule has 158 valence electrons. The lowest BCUT2D eigenvalue weighted by Gasteiger charge is -2.42. The summed E-state index contributed by atoms with van der Waals surface area (Å²) in [5, 5.41) is 2.87. The van der Waals surface area contributed by atoms with Crippen molar-refractivity contribution in [3.8, 4) is 11.1 Å². The van der Waals surface area contributed by atoms with E-state index in [1.165, 1.54) is 0 Å². The highest BCUT2D eigenvalue weighted by molar-refractivity contribution is 6.37. The summed E-state index contributed by atoms with van der Waals surface area (Å²) < 4.78 is 16.0. The number of benzene rings is 3. The van der Waals surface area contributed by atoms with Gasteiger partial charge in [-0.05, 0) is 49.0 Å². The Bertz CT molecular complexity index is 1330. The number of hydrogen-bond donors (Lipinski definition) is 0. The first-order chi connectivity index (χ1) is 14.8. The molecule has 31 heavy (non-hydrogen) atoms. The summed E-state index contributed by atoms with van der Waals surface area (Å²) in [5.74, 6) is -0.0367. The van der Waals surface area contributed by atoms with Gasteiger partial charge in [-0.25, -0.2) is 14.4 Å². The summed E-state index contributed by atoms with van der Waals surface area (Å²) in [5.41, 5.74) is 2.30. The number of aryl methyl sites for hydroxylation is 1. The van der Waals surface area contributed by atoms with Crippen LogP contribution in [0.1, 0.15) is 5.56 Å². The molecule has 0 unspecified atom stereocenters. The first-order valence-electron chi connectivity index (χ1n) is 10.1. The zero-order chi connectivity index (χ0) is 21.9. The standard InChI is InChI=1S/C24H21Cl2FN4/c1-13-8-14-6-4-5-7-16(14)17(9-13)20-19(25)10-18-22(21(20)27)28-24(29-23(18)26)31-11-15(12-31)30(2)3/h4-10,15H,11-12H2,1-3H3. The van der Waals surface area contributed by atoms with Crippen molar-refractivity contribution in [1.82, 2.24) is 14.9 Å². The average Bonchev–Trinajstić information content (AvgIpc) is 2.67. The molecule has 1 aromatic heterocycles. The van der Waals surface area contributed by atoms with Gasteiger partial charge in [-0.15, -0.1) is 0 Å². The van der Waals surface area contributed by atoms with Crippen LogP contribution in [-0.4, -0.2) is 48.1 Å². The number of anilines is 1. The van der Waals surface area contributed by atoms with E-state index >= 15 is 4.39 Å².